The number of nitrogens with one attached hydrogen (secondary N) is 1. The monoisotopic (exact) mass is 186 g/mol. The molecule has 0 aliphatic heterocycles. The van der Waals surface area contributed by atoms with Gasteiger partial charge in [-0.25, -0.2) is 0 Å². The summed E-state index contributed by atoms with van der Waals surface area (Å²) in [5.74, 6) is 0.0953. The molecule has 0 saturated heterocycles. The zero-order valence-electron chi connectivity index (χ0n) is 8.54. The molecule has 1 atom stereocenters. The molecule has 1 unspecified atom stereocenters. The lowest BCUT2D eigenvalue weighted by Crippen LogP contribution is -2.42. The number of likely N-dealkylation sites (N-methyl/N-ethyl adjacent to an activating group) is 1. The summed E-state index contributed by atoms with van der Waals surface area (Å²) in [5, 5.41) is 2.98. The lowest BCUT2D eigenvalue weighted by Gasteiger charge is -2.24. The Kier molecular flexibility index (Phi) is 6.36. The van der Waals surface area contributed by atoms with E-state index in [1.165, 1.54) is 0 Å². The Hall–Kier alpha value is -0.740. The molecule has 76 valence electrons. The fraction of sp³-hybridized carbons (Fsp3) is 0.778. The van der Waals surface area contributed by atoms with Crippen LogP contribution < -0.4 is 5.32 Å². The molecule has 0 radical (unpaired) electrons. The number of carbonyl (C=O) groups excluding carboxylic acids is 2. The minimum absolute atomic E-state index is 0.0953. The Morgan fingerprint density at radius 1 is 1.62 bits per heavy atom. The van der Waals surface area contributed by atoms with Crippen molar-refractivity contribution in [3.8, 4) is 0 Å². The van der Waals surface area contributed by atoms with E-state index < -0.39 is 0 Å². The van der Waals surface area contributed by atoms with Gasteiger partial charge in [-0.1, -0.05) is 0 Å². The number of hydrogen-bond acceptors (Lipinski definition) is 4. The van der Waals surface area contributed by atoms with Crippen molar-refractivity contribution in [2.45, 2.75) is 19.9 Å². The van der Waals surface area contributed by atoms with Crippen LogP contribution in [0.2, 0.25) is 0 Å². The van der Waals surface area contributed by atoms with Gasteiger partial charge in [0.2, 0.25) is 0 Å². The molecule has 0 aliphatic rings. The maximum atomic E-state index is 11.0. The van der Waals surface area contributed by atoms with Crippen LogP contribution in [0.4, 0.5) is 0 Å². The molecule has 0 amide bonds. The van der Waals surface area contributed by atoms with Gasteiger partial charge in [0.1, 0.15) is 12.1 Å². The van der Waals surface area contributed by atoms with E-state index in [2.05, 4.69) is 5.32 Å². The quantitative estimate of drug-likeness (QED) is 0.554. The summed E-state index contributed by atoms with van der Waals surface area (Å²) in [7, 11) is 1.84. The summed E-state index contributed by atoms with van der Waals surface area (Å²) < 4.78 is 0. The minimum Gasteiger partial charge on any atom is -0.318 e. The molecule has 0 saturated carbocycles. The van der Waals surface area contributed by atoms with Gasteiger partial charge in [0.25, 0.3) is 0 Å². The molecule has 0 rings (SSSR count). The Bertz CT molecular complexity index is 171. The van der Waals surface area contributed by atoms with Crippen molar-refractivity contribution in [2.24, 2.45) is 0 Å². The van der Waals surface area contributed by atoms with Gasteiger partial charge in [0.05, 0.1) is 12.6 Å². The van der Waals surface area contributed by atoms with Gasteiger partial charge in [-0.2, -0.15) is 0 Å². The topological polar surface area (TPSA) is 49.4 Å². The molecule has 0 heterocycles. The Morgan fingerprint density at radius 3 is 2.62 bits per heavy atom. The zero-order valence-corrected chi connectivity index (χ0v) is 8.54. The third-order valence-corrected chi connectivity index (χ3v) is 2.09. The first kappa shape index (κ1) is 12.3. The Labute approximate surface area is 79.3 Å². The average Bonchev–Trinajstić information content (AvgIpc) is 2.11. The molecule has 0 bridgehead atoms. The standard InChI is InChI=1S/C9H18N2O2/c1-8(9(2)13)11(6-7-12)5-4-10-3/h7-8,10H,4-6H2,1-3H3. The van der Waals surface area contributed by atoms with Crippen LogP contribution >= 0.6 is 0 Å². The molecule has 0 aromatic rings. The zero-order chi connectivity index (χ0) is 10.3. The molecule has 0 fully saturated rings. The molecule has 0 spiro atoms. The van der Waals surface area contributed by atoms with Crippen molar-refractivity contribution in [3.05, 3.63) is 0 Å². The maximum absolute atomic E-state index is 11.0. The van der Waals surface area contributed by atoms with Crippen LogP contribution in [0.15, 0.2) is 0 Å². The van der Waals surface area contributed by atoms with Crippen molar-refractivity contribution >= 4 is 12.1 Å². The highest BCUT2D eigenvalue weighted by Crippen LogP contribution is 1.97. The van der Waals surface area contributed by atoms with Crippen LogP contribution in [0.1, 0.15) is 13.8 Å². The first-order valence-corrected chi connectivity index (χ1v) is 4.46. The van der Waals surface area contributed by atoms with E-state index in [0.717, 1.165) is 19.4 Å². The molecule has 0 aromatic carbocycles. The highest BCUT2D eigenvalue weighted by Gasteiger charge is 2.16. The first-order valence-electron chi connectivity index (χ1n) is 4.46. The fourth-order valence-corrected chi connectivity index (χ4v) is 1.05. The summed E-state index contributed by atoms with van der Waals surface area (Å²) in [5.41, 5.74) is 0. The van der Waals surface area contributed by atoms with Crippen molar-refractivity contribution in [1.82, 2.24) is 10.2 Å². The van der Waals surface area contributed by atoms with Crippen LogP contribution in [0.3, 0.4) is 0 Å². The Balaban J connectivity index is 4.05. The number of rotatable bonds is 7. The summed E-state index contributed by atoms with van der Waals surface area (Å²) in [6, 6.07) is -0.168. The average molecular weight is 186 g/mol. The van der Waals surface area contributed by atoms with Crippen LogP contribution in [-0.4, -0.2) is 49.7 Å². The van der Waals surface area contributed by atoms with Crippen molar-refractivity contribution < 1.29 is 9.59 Å². The summed E-state index contributed by atoms with van der Waals surface area (Å²) in [4.78, 5) is 23.2. The van der Waals surface area contributed by atoms with E-state index in [4.69, 9.17) is 0 Å². The predicted molar refractivity (Wildman–Crippen MR) is 51.7 cm³/mol. The SMILES string of the molecule is CNCCN(CC=O)C(C)C(C)=O. The minimum atomic E-state index is -0.168. The van der Waals surface area contributed by atoms with E-state index in [-0.39, 0.29) is 11.8 Å². The second kappa shape index (κ2) is 6.74. The lowest BCUT2D eigenvalue weighted by atomic mass is 10.2. The molecule has 1 N–H and O–H groups in total. The van der Waals surface area contributed by atoms with E-state index >= 15 is 0 Å². The van der Waals surface area contributed by atoms with Gasteiger partial charge in [0, 0.05) is 13.1 Å². The summed E-state index contributed by atoms with van der Waals surface area (Å²) in [6.07, 6.45) is 0.828. The number of nitrogens with zero attached hydrogens (tertiary/aromatic N) is 1. The van der Waals surface area contributed by atoms with Crippen molar-refractivity contribution in [2.75, 3.05) is 26.7 Å². The molecule has 4 heteroatoms. The summed E-state index contributed by atoms with van der Waals surface area (Å²) >= 11 is 0. The van der Waals surface area contributed by atoms with E-state index in [1.807, 2.05) is 18.9 Å². The molecule has 4 nitrogen and oxygen atoms in total. The van der Waals surface area contributed by atoms with E-state index in [0.29, 0.717) is 6.54 Å². The lowest BCUT2D eigenvalue weighted by molar-refractivity contribution is -0.122. The molecular formula is C9H18N2O2. The largest absolute Gasteiger partial charge is 0.318 e. The third kappa shape index (κ3) is 4.75. The van der Waals surface area contributed by atoms with Gasteiger partial charge in [-0.15, -0.1) is 0 Å². The van der Waals surface area contributed by atoms with Crippen LogP contribution in [0.5, 0.6) is 0 Å². The van der Waals surface area contributed by atoms with Gasteiger partial charge >= 0.3 is 0 Å². The smallest absolute Gasteiger partial charge is 0.146 e. The molecular weight excluding hydrogens is 168 g/mol. The van der Waals surface area contributed by atoms with Crippen molar-refractivity contribution in [3.63, 3.8) is 0 Å². The normalized spacial score (nSPS) is 12.9. The van der Waals surface area contributed by atoms with Gasteiger partial charge in [-0.3, -0.25) is 9.69 Å². The van der Waals surface area contributed by atoms with Gasteiger partial charge in [-0.05, 0) is 20.9 Å². The predicted octanol–water partition coefficient (Wildman–Crippen LogP) is -0.316. The highest BCUT2D eigenvalue weighted by atomic mass is 16.1. The second-order valence-electron chi connectivity index (χ2n) is 3.05. The van der Waals surface area contributed by atoms with E-state index in [1.54, 1.807) is 6.92 Å². The summed E-state index contributed by atoms with van der Waals surface area (Å²) in [6.45, 7) is 5.19. The van der Waals surface area contributed by atoms with Crippen LogP contribution in [0, 0.1) is 0 Å². The van der Waals surface area contributed by atoms with Crippen LogP contribution in [0.25, 0.3) is 0 Å². The number of carbonyl (C=O) groups is 2. The Morgan fingerprint density at radius 2 is 2.23 bits per heavy atom. The number of ketones is 1. The fourth-order valence-electron chi connectivity index (χ4n) is 1.05. The van der Waals surface area contributed by atoms with Gasteiger partial charge < -0.3 is 10.1 Å². The number of hydrogen-bond donors (Lipinski definition) is 1. The van der Waals surface area contributed by atoms with Crippen LogP contribution in [-0.2, 0) is 9.59 Å². The molecule has 0 aromatic heterocycles. The van der Waals surface area contributed by atoms with Crippen molar-refractivity contribution in [1.29, 1.82) is 0 Å². The first-order chi connectivity index (χ1) is 6.13. The second-order valence-corrected chi connectivity index (χ2v) is 3.05. The molecule has 13 heavy (non-hydrogen) atoms. The number of aldehydes is 1. The van der Waals surface area contributed by atoms with Gasteiger partial charge in [0.15, 0.2) is 0 Å². The number of Topliss-reactive ketones (excluding diaryl/α,β-unsaturated/α-hetero) is 1. The maximum Gasteiger partial charge on any atom is 0.146 e. The molecule has 0 aliphatic carbocycles. The third-order valence-electron chi connectivity index (χ3n) is 2.09. The highest BCUT2D eigenvalue weighted by molar-refractivity contribution is 5.81. The van der Waals surface area contributed by atoms with E-state index in [9.17, 15) is 9.59 Å².